The Morgan fingerprint density at radius 1 is 1.41 bits per heavy atom. The van der Waals surface area contributed by atoms with Crippen molar-refractivity contribution in [1.82, 2.24) is 10.2 Å². The SMILES string of the molecule is CCOCC(=O)NC1CCN(CC(C)C)CC1. The highest BCUT2D eigenvalue weighted by Crippen LogP contribution is 2.11. The number of piperidine rings is 1. The molecule has 1 rings (SSSR count). The minimum absolute atomic E-state index is 0.0224. The van der Waals surface area contributed by atoms with E-state index in [1.807, 2.05) is 6.92 Å². The number of ether oxygens (including phenoxy) is 1. The zero-order chi connectivity index (χ0) is 12.7. The third-order valence-corrected chi connectivity index (χ3v) is 3.01. The molecule has 1 heterocycles. The van der Waals surface area contributed by atoms with Gasteiger partial charge in [-0.1, -0.05) is 13.8 Å². The van der Waals surface area contributed by atoms with Gasteiger partial charge in [-0.15, -0.1) is 0 Å². The molecule has 4 nitrogen and oxygen atoms in total. The maximum atomic E-state index is 11.5. The molecular weight excluding hydrogens is 216 g/mol. The quantitative estimate of drug-likeness (QED) is 0.762. The second-order valence-corrected chi connectivity index (χ2v) is 5.17. The van der Waals surface area contributed by atoms with Gasteiger partial charge < -0.3 is 15.0 Å². The smallest absolute Gasteiger partial charge is 0.246 e. The number of nitrogens with one attached hydrogen (secondary N) is 1. The van der Waals surface area contributed by atoms with Gasteiger partial charge in [0.1, 0.15) is 6.61 Å². The number of carbonyl (C=O) groups is 1. The first-order valence-corrected chi connectivity index (χ1v) is 6.71. The summed E-state index contributed by atoms with van der Waals surface area (Å²) in [5, 5.41) is 3.04. The minimum Gasteiger partial charge on any atom is -0.372 e. The van der Waals surface area contributed by atoms with Crippen LogP contribution in [0.4, 0.5) is 0 Å². The van der Waals surface area contributed by atoms with Gasteiger partial charge in [0.05, 0.1) is 0 Å². The van der Waals surface area contributed by atoms with Crippen LogP contribution in [-0.4, -0.2) is 49.7 Å². The second-order valence-electron chi connectivity index (χ2n) is 5.17. The highest BCUT2D eigenvalue weighted by molar-refractivity contribution is 5.77. The monoisotopic (exact) mass is 242 g/mol. The molecule has 1 aliphatic rings. The average Bonchev–Trinajstić information content (AvgIpc) is 2.28. The van der Waals surface area contributed by atoms with Gasteiger partial charge in [-0.25, -0.2) is 0 Å². The molecule has 0 saturated carbocycles. The third-order valence-electron chi connectivity index (χ3n) is 3.01. The van der Waals surface area contributed by atoms with E-state index in [1.165, 1.54) is 6.54 Å². The lowest BCUT2D eigenvalue weighted by atomic mass is 10.0. The number of amides is 1. The lowest BCUT2D eigenvalue weighted by molar-refractivity contribution is -0.126. The Labute approximate surface area is 105 Å². The lowest BCUT2D eigenvalue weighted by Gasteiger charge is -2.33. The zero-order valence-corrected chi connectivity index (χ0v) is 11.4. The minimum atomic E-state index is 0.0224. The molecule has 0 aromatic carbocycles. The van der Waals surface area contributed by atoms with E-state index in [1.54, 1.807) is 0 Å². The Morgan fingerprint density at radius 3 is 2.59 bits per heavy atom. The molecule has 1 N–H and O–H groups in total. The number of hydrogen-bond donors (Lipinski definition) is 1. The van der Waals surface area contributed by atoms with E-state index in [0.29, 0.717) is 12.6 Å². The molecule has 0 radical (unpaired) electrons. The molecule has 0 bridgehead atoms. The fourth-order valence-electron chi connectivity index (χ4n) is 2.24. The zero-order valence-electron chi connectivity index (χ0n) is 11.4. The van der Waals surface area contributed by atoms with Crippen LogP contribution in [0, 0.1) is 5.92 Å². The first-order chi connectivity index (χ1) is 8.11. The average molecular weight is 242 g/mol. The molecule has 1 fully saturated rings. The lowest BCUT2D eigenvalue weighted by Crippen LogP contribution is -2.46. The topological polar surface area (TPSA) is 41.6 Å². The largest absolute Gasteiger partial charge is 0.372 e. The van der Waals surface area contributed by atoms with Gasteiger partial charge in [-0.3, -0.25) is 4.79 Å². The predicted molar refractivity (Wildman–Crippen MR) is 68.9 cm³/mol. The normalized spacial score (nSPS) is 18.6. The Hall–Kier alpha value is -0.610. The Morgan fingerprint density at radius 2 is 2.06 bits per heavy atom. The molecule has 0 atom stereocenters. The fourth-order valence-corrected chi connectivity index (χ4v) is 2.24. The summed E-state index contributed by atoms with van der Waals surface area (Å²) >= 11 is 0. The summed E-state index contributed by atoms with van der Waals surface area (Å²) in [5.74, 6) is 0.744. The predicted octanol–water partition coefficient (Wildman–Crippen LogP) is 1.26. The maximum absolute atomic E-state index is 11.5. The van der Waals surface area contributed by atoms with Crippen molar-refractivity contribution in [2.24, 2.45) is 5.92 Å². The molecule has 0 aromatic heterocycles. The highest BCUT2D eigenvalue weighted by atomic mass is 16.5. The van der Waals surface area contributed by atoms with Gasteiger partial charge in [-0.2, -0.15) is 0 Å². The molecule has 1 saturated heterocycles. The Balaban J connectivity index is 2.16. The van der Waals surface area contributed by atoms with Crippen LogP contribution in [0.25, 0.3) is 0 Å². The molecule has 17 heavy (non-hydrogen) atoms. The van der Waals surface area contributed by atoms with E-state index in [4.69, 9.17) is 4.74 Å². The van der Waals surface area contributed by atoms with Crippen LogP contribution in [0.1, 0.15) is 33.6 Å². The molecular formula is C13H26N2O2. The van der Waals surface area contributed by atoms with E-state index in [9.17, 15) is 4.79 Å². The molecule has 0 aliphatic carbocycles. The van der Waals surface area contributed by atoms with Crippen molar-refractivity contribution in [1.29, 1.82) is 0 Å². The second kappa shape index (κ2) is 7.67. The molecule has 4 heteroatoms. The van der Waals surface area contributed by atoms with Gasteiger partial charge in [0, 0.05) is 32.3 Å². The molecule has 0 aromatic rings. The summed E-state index contributed by atoms with van der Waals surface area (Å²) < 4.78 is 5.09. The summed E-state index contributed by atoms with van der Waals surface area (Å²) in [6.45, 7) is 10.5. The standard InChI is InChI=1S/C13H26N2O2/c1-4-17-10-13(16)14-12-5-7-15(8-6-12)9-11(2)3/h11-12H,4-10H2,1-3H3,(H,14,16). The van der Waals surface area contributed by atoms with Gasteiger partial charge in [0.2, 0.25) is 5.91 Å². The molecule has 0 spiro atoms. The van der Waals surface area contributed by atoms with Crippen LogP contribution >= 0.6 is 0 Å². The number of hydrogen-bond acceptors (Lipinski definition) is 3. The van der Waals surface area contributed by atoms with Crippen LogP contribution in [0.5, 0.6) is 0 Å². The van der Waals surface area contributed by atoms with Crippen molar-refractivity contribution in [3.8, 4) is 0 Å². The highest BCUT2D eigenvalue weighted by Gasteiger charge is 2.20. The van der Waals surface area contributed by atoms with Crippen molar-refractivity contribution in [3.05, 3.63) is 0 Å². The van der Waals surface area contributed by atoms with Gasteiger partial charge in [-0.05, 0) is 25.7 Å². The van der Waals surface area contributed by atoms with Crippen LogP contribution in [0.15, 0.2) is 0 Å². The van der Waals surface area contributed by atoms with E-state index in [-0.39, 0.29) is 12.5 Å². The van der Waals surface area contributed by atoms with Gasteiger partial charge >= 0.3 is 0 Å². The number of likely N-dealkylation sites (tertiary alicyclic amines) is 1. The Kier molecular flexibility index (Phi) is 6.52. The third kappa shape index (κ3) is 6.03. The summed E-state index contributed by atoms with van der Waals surface area (Å²) in [4.78, 5) is 14.0. The summed E-state index contributed by atoms with van der Waals surface area (Å²) in [6, 6.07) is 0.339. The van der Waals surface area contributed by atoms with E-state index >= 15 is 0 Å². The van der Waals surface area contributed by atoms with E-state index in [0.717, 1.165) is 31.8 Å². The summed E-state index contributed by atoms with van der Waals surface area (Å²) in [6.07, 6.45) is 2.12. The summed E-state index contributed by atoms with van der Waals surface area (Å²) in [7, 11) is 0. The number of rotatable bonds is 6. The molecule has 0 unspecified atom stereocenters. The first kappa shape index (κ1) is 14.5. The van der Waals surface area contributed by atoms with E-state index in [2.05, 4.69) is 24.1 Å². The van der Waals surface area contributed by atoms with Gasteiger partial charge in [0.25, 0.3) is 0 Å². The van der Waals surface area contributed by atoms with Crippen molar-refractivity contribution in [3.63, 3.8) is 0 Å². The van der Waals surface area contributed by atoms with Crippen LogP contribution in [0.2, 0.25) is 0 Å². The van der Waals surface area contributed by atoms with Crippen molar-refractivity contribution in [2.45, 2.75) is 39.7 Å². The molecule has 100 valence electrons. The van der Waals surface area contributed by atoms with Crippen molar-refractivity contribution in [2.75, 3.05) is 32.8 Å². The van der Waals surface area contributed by atoms with Gasteiger partial charge in [0.15, 0.2) is 0 Å². The first-order valence-electron chi connectivity index (χ1n) is 6.71. The number of nitrogens with zero attached hydrogens (tertiary/aromatic N) is 1. The van der Waals surface area contributed by atoms with Crippen LogP contribution in [-0.2, 0) is 9.53 Å². The molecule has 1 amide bonds. The van der Waals surface area contributed by atoms with Crippen LogP contribution < -0.4 is 5.32 Å². The summed E-state index contributed by atoms with van der Waals surface area (Å²) in [5.41, 5.74) is 0. The van der Waals surface area contributed by atoms with Crippen molar-refractivity contribution >= 4 is 5.91 Å². The molecule has 1 aliphatic heterocycles. The van der Waals surface area contributed by atoms with Crippen molar-refractivity contribution < 1.29 is 9.53 Å². The maximum Gasteiger partial charge on any atom is 0.246 e. The van der Waals surface area contributed by atoms with E-state index < -0.39 is 0 Å². The Bertz CT molecular complexity index is 223. The fraction of sp³-hybridized carbons (Fsp3) is 0.923. The van der Waals surface area contributed by atoms with Crippen LogP contribution in [0.3, 0.4) is 0 Å². The number of carbonyl (C=O) groups excluding carboxylic acids is 1.